The first-order chi connectivity index (χ1) is 7.04. The van der Waals surface area contributed by atoms with Crippen molar-refractivity contribution in [2.45, 2.75) is 0 Å². The Bertz CT molecular complexity index is 186. The normalized spacial score (nSPS) is 9.47. The molecule has 0 rings (SSSR count). The maximum Gasteiger partial charge on any atom is 0.328 e. The molecule has 0 amide bonds. The highest BCUT2D eigenvalue weighted by molar-refractivity contribution is 5.89. The third-order valence-corrected chi connectivity index (χ3v) is 1.01. The lowest BCUT2D eigenvalue weighted by Crippen LogP contribution is -2.27. The second kappa shape index (κ2) is 12.6. The minimum atomic E-state index is -1.26. The molecular weight excluding hydrogens is 202 g/mol. The molecule has 0 fully saturated rings. The predicted octanol–water partition coefficient (Wildman–Crippen LogP) is -1.79. The predicted molar refractivity (Wildman–Crippen MR) is 55.4 cm³/mol. The third-order valence-electron chi connectivity index (χ3n) is 1.01. The molecular formula is C8H17N3O4. The quantitative estimate of drug-likeness (QED) is 0.262. The largest absolute Gasteiger partial charge is 0.478 e. The summed E-state index contributed by atoms with van der Waals surface area (Å²) < 4.78 is 0. The fourth-order valence-electron chi connectivity index (χ4n) is 0.472. The van der Waals surface area contributed by atoms with E-state index in [1.807, 2.05) is 0 Å². The van der Waals surface area contributed by atoms with E-state index < -0.39 is 11.9 Å². The van der Waals surface area contributed by atoms with Crippen LogP contribution in [0.2, 0.25) is 0 Å². The Morgan fingerprint density at radius 2 is 1.33 bits per heavy atom. The number of rotatable bonds is 6. The second-order valence-electron chi connectivity index (χ2n) is 2.34. The van der Waals surface area contributed by atoms with Crippen LogP contribution in [0.25, 0.3) is 0 Å². The Morgan fingerprint density at radius 1 is 1.00 bits per heavy atom. The summed E-state index contributed by atoms with van der Waals surface area (Å²) in [6.45, 7) is 3.13. The van der Waals surface area contributed by atoms with Crippen LogP contribution in [0, 0.1) is 0 Å². The number of carbonyl (C=O) groups is 2. The molecule has 0 radical (unpaired) electrons. The summed E-state index contributed by atoms with van der Waals surface area (Å²) in [5.41, 5.74) is 10.3. The van der Waals surface area contributed by atoms with Crippen molar-refractivity contribution in [2.24, 2.45) is 11.5 Å². The van der Waals surface area contributed by atoms with Crippen molar-refractivity contribution in [2.75, 3.05) is 26.2 Å². The van der Waals surface area contributed by atoms with E-state index in [9.17, 15) is 9.59 Å². The van der Waals surface area contributed by atoms with E-state index in [1.165, 1.54) is 0 Å². The summed E-state index contributed by atoms with van der Waals surface area (Å²) >= 11 is 0. The van der Waals surface area contributed by atoms with Gasteiger partial charge in [0.2, 0.25) is 0 Å². The highest BCUT2D eigenvalue weighted by Gasteiger charge is 1.88. The van der Waals surface area contributed by atoms with E-state index in [0.717, 1.165) is 13.1 Å². The standard InChI is InChI=1S/C4H13N3.C4H4O4/c5-1-3-7-4-2-6;5-3(6)1-2-4(7)8/h7H,1-6H2;1-2H,(H,5,6)(H,7,8)/b;2-1-. The number of aliphatic carboxylic acids is 2. The van der Waals surface area contributed by atoms with Crippen LogP contribution in [0.15, 0.2) is 12.2 Å². The van der Waals surface area contributed by atoms with E-state index in [2.05, 4.69) is 5.32 Å². The Kier molecular flexibility index (Phi) is 13.4. The fourth-order valence-corrected chi connectivity index (χ4v) is 0.472. The van der Waals surface area contributed by atoms with Gasteiger partial charge in [0.05, 0.1) is 0 Å². The first kappa shape index (κ1) is 16.0. The van der Waals surface area contributed by atoms with Crippen molar-refractivity contribution in [1.82, 2.24) is 5.32 Å². The number of nitrogens with two attached hydrogens (primary N) is 2. The molecule has 0 aromatic rings. The zero-order valence-corrected chi connectivity index (χ0v) is 8.35. The molecule has 7 N–H and O–H groups in total. The van der Waals surface area contributed by atoms with Crippen LogP contribution in [-0.2, 0) is 9.59 Å². The maximum atomic E-state index is 9.55. The van der Waals surface area contributed by atoms with E-state index >= 15 is 0 Å². The molecule has 0 aliphatic carbocycles. The lowest BCUT2D eigenvalue weighted by Gasteiger charge is -1.95. The summed E-state index contributed by atoms with van der Waals surface area (Å²) in [5.74, 6) is -2.51. The summed E-state index contributed by atoms with van der Waals surface area (Å²) in [6.07, 6.45) is 1.12. The van der Waals surface area contributed by atoms with Gasteiger partial charge in [0.1, 0.15) is 0 Å². The van der Waals surface area contributed by atoms with Crippen LogP contribution in [0.4, 0.5) is 0 Å². The molecule has 0 spiro atoms. The van der Waals surface area contributed by atoms with E-state index in [4.69, 9.17) is 21.7 Å². The molecule has 0 saturated carbocycles. The van der Waals surface area contributed by atoms with E-state index in [1.54, 1.807) is 0 Å². The highest BCUT2D eigenvalue weighted by atomic mass is 16.4. The molecule has 0 atom stereocenters. The molecule has 0 aliphatic heterocycles. The number of hydrogen-bond donors (Lipinski definition) is 5. The summed E-state index contributed by atoms with van der Waals surface area (Å²) in [7, 11) is 0. The van der Waals surface area contributed by atoms with Crippen molar-refractivity contribution < 1.29 is 19.8 Å². The van der Waals surface area contributed by atoms with Crippen LogP contribution in [0.5, 0.6) is 0 Å². The lowest BCUT2D eigenvalue weighted by molar-refractivity contribution is -0.134. The molecule has 0 saturated heterocycles. The van der Waals surface area contributed by atoms with Gasteiger partial charge < -0.3 is 27.0 Å². The molecule has 0 unspecified atom stereocenters. The minimum absolute atomic E-state index is 0.558. The highest BCUT2D eigenvalue weighted by Crippen LogP contribution is 1.70. The second-order valence-corrected chi connectivity index (χ2v) is 2.34. The topological polar surface area (TPSA) is 139 Å². The van der Waals surface area contributed by atoms with Gasteiger partial charge in [-0.15, -0.1) is 0 Å². The van der Waals surface area contributed by atoms with Gasteiger partial charge >= 0.3 is 11.9 Å². The minimum Gasteiger partial charge on any atom is -0.478 e. The Labute approximate surface area is 87.8 Å². The average molecular weight is 219 g/mol. The van der Waals surface area contributed by atoms with Gasteiger partial charge in [-0.3, -0.25) is 0 Å². The van der Waals surface area contributed by atoms with Crippen molar-refractivity contribution in [1.29, 1.82) is 0 Å². The van der Waals surface area contributed by atoms with E-state index in [0.29, 0.717) is 25.2 Å². The molecule has 0 aromatic carbocycles. The van der Waals surface area contributed by atoms with Crippen molar-refractivity contribution >= 4 is 11.9 Å². The van der Waals surface area contributed by atoms with Gasteiger partial charge in [-0.1, -0.05) is 0 Å². The number of carboxylic acid groups (broad SMARTS) is 2. The van der Waals surface area contributed by atoms with Crippen LogP contribution in [-0.4, -0.2) is 48.3 Å². The van der Waals surface area contributed by atoms with Crippen LogP contribution in [0.1, 0.15) is 0 Å². The molecule has 0 bridgehead atoms. The molecule has 15 heavy (non-hydrogen) atoms. The smallest absolute Gasteiger partial charge is 0.328 e. The van der Waals surface area contributed by atoms with Crippen LogP contribution < -0.4 is 16.8 Å². The van der Waals surface area contributed by atoms with Gasteiger partial charge in [-0.2, -0.15) is 0 Å². The summed E-state index contributed by atoms with van der Waals surface area (Å²) in [5, 5.41) is 18.7. The first-order valence-corrected chi connectivity index (χ1v) is 4.29. The fraction of sp³-hybridized carbons (Fsp3) is 0.500. The van der Waals surface area contributed by atoms with Crippen molar-refractivity contribution in [3.8, 4) is 0 Å². The number of nitrogens with one attached hydrogen (secondary N) is 1. The molecule has 7 nitrogen and oxygen atoms in total. The monoisotopic (exact) mass is 219 g/mol. The third kappa shape index (κ3) is 24.5. The Balaban J connectivity index is 0. The van der Waals surface area contributed by atoms with Gasteiger partial charge in [0.25, 0.3) is 0 Å². The SMILES string of the molecule is NCCNCCN.O=C(O)/C=C\C(=O)O. The van der Waals surface area contributed by atoms with E-state index in [-0.39, 0.29) is 0 Å². The van der Waals surface area contributed by atoms with Gasteiger partial charge in [0, 0.05) is 38.3 Å². The zero-order valence-electron chi connectivity index (χ0n) is 8.35. The summed E-state index contributed by atoms with van der Waals surface area (Å²) in [6, 6.07) is 0. The average Bonchev–Trinajstić information content (AvgIpc) is 2.17. The van der Waals surface area contributed by atoms with Crippen molar-refractivity contribution in [3.63, 3.8) is 0 Å². The Hall–Kier alpha value is -1.44. The van der Waals surface area contributed by atoms with Gasteiger partial charge in [-0.05, 0) is 0 Å². The lowest BCUT2D eigenvalue weighted by atomic mass is 10.5. The molecule has 0 aromatic heterocycles. The molecule has 7 heteroatoms. The maximum absolute atomic E-state index is 9.55. The van der Waals surface area contributed by atoms with Crippen LogP contribution in [0.3, 0.4) is 0 Å². The van der Waals surface area contributed by atoms with Gasteiger partial charge in [0.15, 0.2) is 0 Å². The molecule has 0 heterocycles. The molecule has 88 valence electrons. The van der Waals surface area contributed by atoms with Gasteiger partial charge in [-0.25, -0.2) is 9.59 Å². The number of hydrogen-bond acceptors (Lipinski definition) is 5. The summed E-state index contributed by atoms with van der Waals surface area (Å²) in [4.78, 5) is 19.1. The first-order valence-electron chi connectivity index (χ1n) is 4.29. The molecule has 0 aliphatic rings. The number of carboxylic acids is 2. The Morgan fingerprint density at radius 3 is 1.53 bits per heavy atom. The zero-order chi connectivity index (χ0) is 12.1. The van der Waals surface area contributed by atoms with Crippen LogP contribution >= 0.6 is 0 Å². The van der Waals surface area contributed by atoms with Crippen molar-refractivity contribution in [3.05, 3.63) is 12.2 Å².